The third kappa shape index (κ3) is 5.57. The predicted molar refractivity (Wildman–Crippen MR) is 213 cm³/mol. The van der Waals surface area contributed by atoms with Crippen molar-refractivity contribution < 1.29 is 19.2 Å². The van der Waals surface area contributed by atoms with Crippen LogP contribution in [0.25, 0.3) is 41.8 Å². The second-order valence-electron chi connectivity index (χ2n) is 12.3. The van der Waals surface area contributed by atoms with E-state index >= 15 is 0 Å². The standard InChI is InChI=1S/2C22H12O2S2/c2*23-21-16-8-6-14(20-4-2-10-26-20)12-18(16)22(24)15-7-5-13(11-17(15)21)19-3-1-9-25-19/h2*1-12H. The Morgan fingerprint density at radius 3 is 0.692 bits per heavy atom. The van der Waals surface area contributed by atoms with E-state index in [0.717, 1.165) is 41.8 Å². The minimum absolute atomic E-state index is 0.0780. The van der Waals surface area contributed by atoms with Crippen LogP contribution in [0.4, 0.5) is 0 Å². The highest BCUT2D eigenvalue weighted by atomic mass is 32.1. The van der Waals surface area contributed by atoms with Gasteiger partial charge in [-0.3, -0.25) is 19.2 Å². The Morgan fingerprint density at radius 1 is 0.269 bits per heavy atom. The largest absolute Gasteiger partial charge is 0.289 e. The Labute approximate surface area is 314 Å². The summed E-state index contributed by atoms with van der Waals surface area (Å²) < 4.78 is 0. The Hall–Kier alpha value is -5.64. The fourth-order valence-corrected chi connectivity index (χ4v) is 9.58. The van der Waals surface area contributed by atoms with Crippen molar-refractivity contribution in [3.63, 3.8) is 0 Å². The smallest absolute Gasteiger partial charge is 0.194 e. The van der Waals surface area contributed by atoms with Gasteiger partial charge in [0.05, 0.1) is 0 Å². The van der Waals surface area contributed by atoms with Gasteiger partial charge in [0.15, 0.2) is 23.1 Å². The topological polar surface area (TPSA) is 68.3 Å². The van der Waals surface area contributed by atoms with E-state index in [9.17, 15) is 19.2 Å². The molecule has 0 atom stereocenters. The highest BCUT2D eigenvalue weighted by Gasteiger charge is 2.31. The van der Waals surface area contributed by atoms with Gasteiger partial charge in [-0.25, -0.2) is 0 Å². The number of carbonyl (C=O) groups is 4. The summed E-state index contributed by atoms with van der Waals surface area (Å²) in [6.07, 6.45) is 0. The highest BCUT2D eigenvalue weighted by Crippen LogP contribution is 2.37. The number of benzene rings is 4. The molecule has 2 aliphatic rings. The van der Waals surface area contributed by atoms with Gasteiger partial charge in [-0.2, -0.15) is 0 Å². The molecule has 2 aliphatic carbocycles. The number of carbonyl (C=O) groups excluding carboxylic acids is 4. The van der Waals surface area contributed by atoms with Gasteiger partial charge in [0.2, 0.25) is 0 Å². The molecule has 4 aromatic carbocycles. The number of ketones is 4. The summed E-state index contributed by atoms with van der Waals surface area (Å²) in [5.41, 5.74) is 7.84. The Morgan fingerprint density at radius 2 is 0.500 bits per heavy atom. The van der Waals surface area contributed by atoms with Gasteiger partial charge in [-0.1, -0.05) is 48.5 Å². The predicted octanol–water partition coefficient (Wildman–Crippen LogP) is 11.8. The van der Waals surface area contributed by atoms with Crippen LogP contribution in [0.2, 0.25) is 0 Å². The molecule has 0 saturated heterocycles. The van der Waals surface area contributed by atoms with Crippen LogP contribution in [-0.2, 0) is 0 Å². The summed E-state index contributed by atoms with van der Waals surface area (Å²) in [5, 5.41) is 8.01. The lowest BCUT2D eigenvalue weighted by Gasteiger charge is -2.18. The zero-order valence-electron chi connectivity index (χ0n) is 27.1. The molecule has 10 rings (SSSR count). The van der Waals surface area contributed by atoms with Crippen molar-refractivity contribution in [1.82, 2.24) is 0 Å². The van der Waals surface area contributed by atoms with Crippen molar-refractivity contribution in [2.75, 3.05) is 0 Å². The Bertz CT molecular complexity index is 2310. The number of thiophene rings is 4. The summed E-state index contributed by atoms with van der Waals surface area (Å²) in [6.45, 7) is 0. The first-order valence-corrected chi connectivity index (χ1v) is 19.9. The molecule has 0 spiro atoms. The van der Waals surface area contributed by atoms with E-state index in [4.69, 9.17) is 0 Å². The molecule has 4 aromatic heterocycles. The van der Waals surface area contributed by atoms with Gasteiger partial charge in [0.1, 0.15) is 0 Å². The van der Waals surface area contributed by atoms with Crippen LogP contribution in [0.1, 0.15) is 63.7 Å². The molecule has 0 amide bonds. The van der Waals surface area contributed by atoms with Crippen molar-refractivity contribution in [2.24, 2.45) is 0 Å². The van der Waals surface area contributed by atoms with Crippen molar-refractivity contribution in [1.29, 1.82) is 0 Å². The third-order valence-electron chi connectivity index (χ3n) is 9.26. The molecule has 0 bridgehead atoms. The lowest BCUT2D eigenvalue weighted by molar-refractivity contribution is 0.0979. The minimum Gasteiger partial charge on any atom is -0.289 e. The van der Waals surface area contributed by atoms with Crippen LogP contribution in [-0.4, -0.2) is 23.1 Å². The van der Waals surface area contributed by atoms with E-state index in [1.54, 1.807) is 69.6 Å². The molecule has 52 heavy (non-hydrogen) atoms. The zero-order chi connectivity index (χ0) is 35.3. The highest BCUT2D eigenvalue weighted by molar-refractivity contribution is 7.14. The summed E-state index contributed by atoms with van der Waals surface area (Å²) in [6, 6.07) is 38.2. The van der Waals surface area contributed by atoms with E-state index in [1.807, 2.05) is 119 Å². The third-order valence-corrected chi connectivity index (χ3v) is 12.9. The first-order valence-electron chi connectivity index (χ1n) is 16.3. The molecule has 0 unspecified atom stereocenters. The first-order chi connectivity index (χ1) is 25.4. The van der Waals surface area contributed by atoms with Crippen LogP contribution in [0.15, 0.2) is 143 Å². The molecule has 248 valence electrons. The second-order valence-corrected chi connectivity index (χ2v) is 16.1. The normalized spacial score (nSPS) is 12.8. The van der Waals surface area contributed by atoms with Crippen LogP contribution in [0.3, 0.4) is 0 Å². The summed E-state index contributed by atoms with van der Waals surface area (Å²) in [7, 11) is 0. The van der Waals surface area contributed by atoms with Gasteiger partial charge in [-0.15, -0.1) is 45.3 Å². The maximum absolute atomic E-state index is 13.0. The first kappa shape index (κ1) is 32.3. The van der Waals surface area contributed by atoms with Crippen molar-refractivity contribution in [3.8, 4) is 41.8 Å². The SMILES string of the molecule is O=C1c2ccc(-c3cccs3)cc2C(=O)c2ccc(-c3cccs3)cc21.O=C1c2ccc(-c3cccs3)cc2C(=O)c2ccc(-c3cccs3)cc21. The lowest BCUT2D eigenvalue weighted by atomic mass is 9.82. The minimum atomic E-state index is -0.0780. The summed E-state index contributed by atoms with van der Waals surface area (Å²) in [5.74, 6) is -0.312. The van der Waals surface area contributed by atoms with Crippen LogP contribution in [0.5, 0.6) is 0 Å². The average Bonchev–Trinajstić information content (AvgIpc) is 4.04. The van der Waals surface area contributed by atoms with Crippen molar-refractivity contribution >= 4 is 68.5 Å². The maximum Gasteiger partial charge on any atom is 0.194 e. The fraction of sp³-hybridized carbons (Fsp3) is 0. The summed E-state index contributed by atoms with van der Waals surface area (Å²) >= 11 is 6.48. The Kier molecular flexibility index (Phi) is 8.17. The molecular formula is C44H24O4S4. The maximum atomic E-state index is 13.0. The zero-order valence-corrected chi connectivity index (χ0v) is 30.4. The summed E-state index contributed by atoms with van der Waals surface area (Å²) in [4.78, 5) is 56.5. The number of rotatable bonds is 4. The number of fused-ring (bicyclic) bond motifs is 4. The molecule has 4 heterocycles. The van der Waals surface area contributed by atoms with Crippen molar-refractivity contribution in [2.45, 2.75) is 0 Å². The quantitative estimate of drug-likeness (QED) is 0.180. The molecule has 0 aliphatic heterocycles. The lowest BCUT2D eigenvalue weighted by Crippen LogP contribution is -2.20. The van der Waals surface area contributed by atoms with Crippen LogP contribution >= 0.6 is 45.3 Å². The van der Waals surface area contributed by atoms with Gasteiger partial charge in [0.25, 0.3) is 0 Å². The van der Waals surface area contributed by atoms with E-state index < -0.39 is 0 Å². The van der Waals surface area contributed by atoms with E-state index in [2.05, 4.69) is 0 Å². The molecular weight excluding hydrogens is 721 g/mol. The molecule has 8 aromatic rings. The number of hydrogen-bond donors (Lipinski definition) is 0. The number of hydrogen-bond acceptors (Lipinski definition) is 8. The molecule has 4 nitrogen and oxygen atoms in total. The van der Waals surface area contributed by atoms with Gasteiger partial charge in [-0.05, 0) is 117 Å². The molecule has 8 heteroatoms. The Balaban J connectivity index is 0.000000138. The van der Waals surface area contributed by atoms with Gasteiger partial charge >= 0.3 is 0 Å². The monoisotopic (exact) mass is 744 g/mol. The van der Waals surface area contributed by atoms with E-state index in [0.29, 0.717) is 44.5 Å². The average molecular weight is 745 g/mol. The van der Waals surface area contributed by atoms with Crippen LogP contribution < -0.4 is 0 Å². The molecule has 0 radical (unpaired) electrons. The molecule has 0 saturated carbocycles. The van der Waals surface area contributed by atoms with Gasteiger partial charge in [0, 0.05) is 64.0 Å². The van der Waals surface area contributed by atoms with Gasteiger partial charge < -0.3 is 0 Å². The van der Waals surface area contributed by atoms with E-state index in [1.165, 1.54) is 0 Å². The van der Waals surface area contributed by atoms with E-state index in [-0.39, 0.29) is 23.1 Å². The second kappa shape index (κ2) is 13.2. The van der Waals surface area contributed by atoms with Crippen molar-refractivity contribution in [3.05, 3.63) is 187 Å². The van der Waals surface area contributed by atoms with Crippen LogP contribution in [0, 0.1) is 0 Å². The molecule has 0 N–H and O–H groups in total. The molecule has 0 fully saturated rings. The fourth-order valence-electron chi connectivity index (χ4n) is 6.69.